The molecule has 2 aliphatic heterocycles. The second kappa shape index (κ2) is 10.3. The third-order valence-electron chi connectivity index (χ3n) is 8.00. The predicted molar refractivity (Wildman–Crippen MR) is 152 cm³/mol. The fourth-order valence-electron chi connectivity index (χ4n) is 5.60. The van der Waals surface area contributed by atoms with Gasteiger partial charge in [-0.25, -0.2) is 18.4 Å². The van der Waals surface area contributed by atoms with E-state index in [1.165, 1.54) is 40.3 Å². The number of benzene rings is 2. The second-order valence-corrected chi connectivity index (χ2v) is 10.8. The minimum absolute atomic E-state index is 0.00235. The highest BCUT2D eigenvalue weighted by Crippen LogP contribution is 2.31. The van der Waals surface area contributed by atoms with Crippen LogP contribution in [-0.4, -0.2) is 56.2 Å². The van der Waals surface area contributed by atoms with Crippen LogP contribution in [0.15, 0.2) is 54.9 Å². The maximum absolute atomic E-state index is 14.0. The summed E-state index contributed by atoms with van der Waals surface area (Å²) in [4.78, 5) is 23.4. The number of nitrogen functional groups attached to an aromatic ring is 1. The lowest BCUT2D eigenvalue weighted by molar-refractivity contribution is -0.0683. The van der Waals surface area contributed by atoms with E-state index in [1.807, 2.05) is 6.07 Å². The van der Waals surface area contributed by atoms with Gasteiger partial charge < -0.3 is 20.2 Å². The van der Waals surface area contributed by atoms with Gasteiger partial charge in [0.2, 0.25) is 17.4 Å². The van der Waals surface area contributed by atoms with E-state index in [0.717, 1.165) is 62.1 Å². The molecule has 1 unspecified atom stereocenters. The van der Waals surface area contributed by atoms with Crippen LogP contribution in [0, 0.1) is 18.6 Å². The molecule has 0 aliphatic carbocycles. The van der Waals surface area contributed by atoms with Crippen molar-refractivity contribution >= 4 is 22.5 Å². The SMILES string of the molecule is Cc1cc(Oc2c(F)cccc2F)ncc1-n1ncc(C(=O)c2cc3cc4c(cc3[nH]2)CCN(CC2CCO2)C4)c1N. The van der Waals surface area contributed by atoms with Crippen molar-refractivity contribution in [3.8, 4) is 17.3 Å². The monoisotopic (exact) mass is 570 g/mol. The number of carbonyl (C=O) groups is 1. The number of nitrogens with two attached hydrogens (primary N) is 1. The van der Waals surface area contributed by atoms with Crippen molar-refractivity contribution in [3.63, 3.8) is 0 Å². The van der Waals surface area contributed by atoms with Crippen molar-refractivity contribution in [3.05, 3.63) is 94.4 Å². The van der Waals surface area contributed by atoms with Crippen LogP contribution in [0.5, 0.6) is 11.6 Å². The summed E-state index contributed by atoms with van der Waals surface area (Å²) in [6.45, 7) is 5.42. The first kappa shape index (κ1) is 26.3. The minimum atomic E-state index is -0.837. The molecule has 2 aliphatic rings. The lowest BCUT2D eigenvalue weighted by Gasteiger charge is -2.35. The van der Waals surface area contributed by atoms with Crippen LogP contribution in [0.3, 0.4) is 0 Å². The van der Waals surface area contributed by atoms with Crippen molar-refractivity contribution in [1.82, 2.24) is 24.6 Å². The third-order valence-corrected chi connectivity index (χ3v) is 8.00. The average Bonchev–Trinajstić information content (AvgIpc) is 3.54. The number of ketones is 1. The molecule has 3 N–H and O–H groups in total. The quantitative estimate of drug-likeness (QED) is 0.262. The summed E-state index contributed by atoms with van der Waals surface area (Å²) in [5.74, 6) is -2.35. The van der Waals surface area contributed by atoms with E-state index in [2.05, 4.69) is 32.1 Å². The Morgan fingerprint density at radius 3 is 2.71 bits per heavy atom. The second-order valence-electron chi connectivity index (χ2n) is 10.8. The smallest absolute Gasteiger partial charge is 0.219 e. The molecular weight excluding hydrogens is 542 g/mol. The molecule has 1 fully saturated rings. The number of para-hydroxylation sites is 1. The molecule has 0 bridgehead atoms. The maximum atomic E-state index is 14.0. The number of hydrogen-bond donors (Lipinski definition) is 2. The van der Waals surface area contributed by atoms with Gasteiger partial charge in [-0.05, 0) is 66.8 Å². The van der Waals surface area contributed by atoms with Gasteiger partial charge in [0.1, 0.15) is 5.82 Å². The number of anilines is 1. The number of rotatable bonds is 7. The Morgan fingerprint density at radius 2 is 1.98 bits per heavy atom. The standard InChI is InChI=1S/C31H28F2N6O3/c1-17-9-28(42-30-23(32)3-2-4-24(30)33)35-14-27(17)39-31(34)22(13-36-39)29(40)26-12-19-10-20-15-38(16-21-6-8-41-21)7-5-18(20)11-25(19)37-26/h2-4,9-14,21,37H,5-8,15-16,34H2,1H3. The van der Waals surface area contributed by atoms with E-state index in [1.54, 1.807) is 6.92 Å². The molecule has 42 heavy (non-hydrogen) atoms. The van der Waals surface area contributed by atoms with Crippen molar-refractivity contribution < 1.29 is 23.0 Å². The highest BCUT2D eigenvalue weighted by molar-refractivity contribution is 6.12. The van der Waals surface area contributed by atoms with E-state index in [9.17, 15) is 13.6 Å². The van der Waals surface area contributed by atoms with E-state index >= 15 is 0 Å². The molecule has 7 rings (SSSR count). The Balaban J connectivity index is 1.12. The fourth-order valence-corrected chi connectivity index (χ4v) is 5.60. The molecule has 214 valence electrons. The van der Waals surface area contributed by atoms with Crippen LogP contribution in [0.4, 0.5) is 14.6 Å². The van der Waals surface area contributed by atoms with Crippen molar-refractivity contribution in [2.45, 2.75) is 32.4 Å². The van der Waals surface area contributed by atoms with E-state index in [-0.39, 0.29) is 23.0 Å². The zero-order valence-electron chi connectivity index (χ0n) is 22.9. The largest absolute Gasteiger partial charge is 0.433 e. The van der Waals surface area contributed by atoms with Crippen LogP contribution in [-0.2, 0) is 17.7 Å². The average molecular weight is 571 g/mol. The van der Waals surface area contributed by atoms with Crippen molar-refractivity contribution in [1.29, 1.82) is 0 Å². The Kier molecular flexibility index (Phi) is 6.47. The van der Waals surface area contributed by atoms with Crippen molar-refractivity contribution in [2.75, 3.05) is 25.4 Å². The molecule has 2 aromatic carbocycles. The molecule has 0 amide bonds. The number of fused-ring (bicyclic) bond motifs is 2. The number of H-pyrrole nitrogens is 1. The highest BCUT2D eigenvalue weighted by Gasteiger charge is 2.26. The third kappa shape index (κ3) is 4.70. The number of hydrogen-bond acceptors (Lipinski definition) is 7. The molecule has 3 aromatic heterocycles. The van der Waals surface area contributed by atoms with E-state index < -0.39 is 17.4 Å². The van der Waals surface area contributed by atoms with Crippen LogP contribution < -0.4 is 10.5 Å². The van der Waals surface area contributed by atoms with Gasteiger partial charge >= 0.3 is 0 Å². The Labute approximate surface area is 239 Å². The van der Waals surface area contributed by atoms with Gasteiger partial charge in [-0.1, -0.05) is 6.07 Å². The zero-order valence-corrected chi connectivity index (χ0v) is 22.9. The molecule has 1 atom stereocenters. The molecule has 5 heterocycles. The van der Waals surface area contributed by atoms with Crippen LogP contribution in [0.2, 0.25) is 0 Å². The molecule has 0 saturated carbocycles. The van der Waals surface area contributed by atoms with Gasteiger partial charge in [-0.2, -0.15) is 5.10 Å². The molecule has 0 spiro atoms. The summed E-state index contributed by atoms with van der Waals surface area (Å²) in [7, 11) is 0. The lowest BCUT2D eigenvalue weighted by Crippen LogP contribution is -2.42. The molecule has 5 aromatic rings. The van der Waals surface area contributed by atoms with Gasteiger partial charge in [0.25, 0.3) is 0 Å². The first-order valence-electron chi connectivity index (χ1n) is 13.8. The van der Waals surface area contributed by atoms with Gasteiger partial charge in [0, 0.05) is 43.2 Å². The number of aromatic amines is 1. The number of halogens is 2. The normalized spacial score (nSPS) is 16.8. The number of pyridine rings is 1. The summed E-state index contributed by atoms with van der Waals surface area (Å²) < 4.78 is 40.4. The fraction of sp³-hybridized carbons (Fsp3) is 0.258. The first-order chi connectivity index (χ1) is 20.3. The molecule has 9 nitrogen and oxygen atoms in total. The van der Waals surface area contributed by atoms with Gasteiger partial charge in [-0.15, -0.1) is 0 Å². The van der Waals surface area contributed by atoms with E-state index in [4.69, 9.17) is 15.2 Å². The van der Waals surface area contributed by atoms with Crippen LogP contribution in [0.1, 0.15) is 39.2 Å². The number of nitrogens with zero attached hydrogens (tertiary/aromatic N) is 4. The summed E-state index contributed by atoms with van der Waals surface area (Å²) in [5, 5.41) is 5.30. The lowest BCUT2D eigenvalue weighted by atomic mass is 9.97. The number of ether oxygens (including phenoxy) is 2. The topological polar surface area (TPSA) is 111 Å². The number of carbonyl (C=O) groups excluding carboxylic acids is 1. The number of aromatic nitrogens is 4. The van der Waals surface area contributed by atoms with E-state index in [0.29, 0.717) is 23.0 Å². The molecular formula is C31H28F2N6O3. The Bertz CT molecular complexity index is 1820. The van der Waals surface area contributed by atoms with Gasteiger partial charge in [-0.3, -0.25) is 9.69 Å². The summed E-state index contributed by atoms with van der Waals surface area (Å²) in [6, 6.07) is 11.1. The Hall–Kier alpha value is -4.61. The first-order valence-corrected chi connectivity index (χ1v) is 13.8. The Morgan fingerprint density at radius 1 is 1.17 bits per heavy atom. The number of aryl methyl sites for hydroxylation is 1. The number of nitrogens with one attached hydrogen (secondary N) is 1. The highest BCUT2D eigenvalue weighted by atomic mass is 19.1. The zero-order chi connectivity index (χ0) is 29.0. The van der Waals surface area contributed by atoms with Gasteiger partial charge in [0.05, 0.1) is 35.4 Å². The van der Waals surface area contributed by atoms with Gasteiger partial charge in [0.15, 0.2) is 11.6 Å². The summed E-state index contributed by atoms with van der Waals surface area (Å²) in [6.07, 6.45) is 5.26. The maximum Gasteiger partial charge on any atom is 0.219 e. The van der Waals surface area contributed by atoms with Crippen LogP contribution >= 0.6 is 0 Å². The summed E-state index contributed by atoms with van der Waals surface area (Å²) >= 11 is 0. The van der Waals surface area contributed by atoms with Crippen molar-refractivity contribution in [2.24, 2.45) is 0 Å². The minimum Gasteiger partial charge on any atom is -0.433 e. The molecule has 11 heteroatoms. The predicted octanol–water partition coefficient (Wildman–Crippen LogP) is 5.09. The molecule has 0 radical (unpaired) electrons. The summed E-state index contributed by atoms with van der Waals surface area (Å²) in [5.41, 5.74) is 11.6. The molecule has 1 saturated heterocycles. The van der Waals surface area contributed by atoms with Crippen LogP contribution in [0.25, 0.3) is 16.6 Å².